The zero-order chi connectivity index (χ0) is 19.3. The lowest BCUT2D eigenvalue weighted by molar-refractivity contribution is -0.137. The van der Waals surface area contributed by atoms with Gasteiger partial charge < -0.3 is 4.90 Å². The van der Waals surface area contributed by atoms with Crippen LogP contribution in [0.15, 0.2) is 54.6 Å². The van der Waals surface area contributed by atoms with E-state index in [0.29, 0.717) is 26.1 Å². The van der Waals surface area contributed by atoms with Crippen molar-refractivity contribution in [2.24, 2.45) is 0 Å². The smallest absolute Gasteiger partial charge is 0.340 e. The van der Waals surface area contributed by atoms with Crippen LogP contribution in [0.2, 0.25) is 0 Å². The number of piperazine rings is 1. The van der Waals surface area contributed by atoms with Gasteiger partial charge in [-0.1, -0.05) is 42.5 Å². The second-order valence-corrected chi connectivity index (χ2v) is 6.84. The molecule has 0 unspecified atom stereocenters. The largest absolute Gasteiger partial charge is 0.416 e. The topological polar surface area (TPSA) is 23.6 Å². The average Bonchev–Trinajstić information content (AvgIpc) is 2.67. The predicted octanol–water partition coefficient (Wildman–Crippen LogP) is 3.98. The van der Waals surface area contributed by atoms with Crippen molar-refractivity contribution in [2.45, 2.75) is 25.6 Å². The van der Waals surface area contributed by atoms with Crippen molar-refractivity contribution in [2.75, 3.05) is 26.2 Å². The first kappa shape index (κ1) is 19.4. The molecule has 0 spiro atoms. The average molecular weight is 376 g/mol. The number of benzene rings is 2. The number of nitrogens with zero attached hydrogens (tertiary/aromatic N) is 2. The van der Waals surface area contributed by atoms with Crippen LogP contribution < -0.4 is 0 Å². The van der Waals surface area contributed by atoms with Crippen LogP contribution >= 0.6 is 0 Å². The summed E-state index contributed by atoms with van der Waals surface area (Å²) in [6.07, 6.45) is -3.06. The highest BCUT2D eigenvalue weighted by atomic mass is 19.4. The van der Waals surface area contributed by atoms with E-state index >= 15 is 0 Å². The van der Waals surface area contributed by atoms with E-state index in [-0.39, 0.29) is 5.91 Å². The Morgan fingerprint density at radius 3 is 2.07 bits per heavy atom. The second-order valence-electron chi connectivity index (χ2n) is 6.84. The van der Waals surface area contributed by atoms with Crippen molar-refractivity contribution < 1.29 is 18.0 Å². The molecule has 2 aromatic carbocycles. The maximum Gasteiger partial charge on any atom is 0.416 e. The number of hydrogen-bond acceptors (Lipinski definition) is 2. The van der Waals surface area contributed by atoms with Crippen molar-refractivity contribution in [3.63, 3.8) is 0 Å². The van der Waals surface area contributed by atoms with Gasteiger partial charge in [0.25, 0.3) is 0 Å². The number of halogens is 3. The number of carbonyl (C=O) groups is 1. The Kier molecular flexibility index (Phi) is 6.16. The van der Waals surface area contributed by atoms with Gasteiger partial charge in [-0.05, 0) is 29.7 Å². The molecule has 1 aliphatic rings. The summed E-state index contributed by atoms with van der Waals surface area (Å²) in [6, 6.07) is 15.3. The molecule has 0 atom stereocenters. The minimum atomic E-state index is -4.30. The molecular weight excluding hydrogens is 353 g/mol. The van der Waals surface area contributed by atoms with Crippen molar-refractivity contribution in [3.05, 3.63) is 71.3 Å². The van der Waals surface area contributed by atoms with Crippen molar-refractivity contribution in [1.29, 1.82) is 0 Å². The summed E-state index contributed by atoms with van der Waals surface area (Å²) in [5, 5.41) is 0. The summed E-state index contributed by atoms with van der Waals surface area (Å²) in [4.78, 5) is 16.4. The summed E-state index contributed by atoms with van der Waals surface area (Å²) in [5.41, 5.74) is 1.39. The molecule has 1 amide bonds. The van der Waals surface area contributed by atoms with Crippen LogP contribution in [0.5, 0.6) is 0 Å². The third-order valence-corrected chi connectivity index (χ3v) is 4.88. The Balaban J connectivity index is 1.44. The van der Waals surface area contributed by atoms with Crippen LogP contribution in [-0.2, 0) is 23.9 Å². The van der Waals surface area contributed by atoms with Crippen molar-refractivity contribution in [1.82, 2.24) is 9.80 Å². The molecule has 144 valence electrons. The van der Waals surface area contributed by atoms with E-state index in [4.69, 9.17) is 0 Å². The fraction of sp³-hybridized carbons (Fsp3) is 0.381. The molecular formula is C21H23F3N2O. The van der Waals surface area contributed by atoms with Gasteiger partial charge in [0.15, 0.2) is 0 Å². The summed E-state index contributed by atoms with van der Waals surface area (Å²) in [5.74, 6) is 0.160. The number of amides is 1. The van der Waals surface area contributed by atoms with Gasteiger partial charge >= 0.3 is 6.18 Å². The molecule has 0 aliphatic carbocycles. The van der Waals surface area contributed by atoms with Gasteiger partial charge in [-0.25, -0.2) is 0 Å². The molecule has 0 saturated carbocycles. The predicted molar refractivity (Wildman–Crippen MR) is 98.1 cm³/mol. The maximum atomic E-state index is 12.6. The first-order valence-electron chi connectivity index (χ1n) is 9.12. The molecule has 3 nitrogen and oxygen atoms in total. The third-order valence-electron chi connectivity index (χ3n) is 4.88. The van der Waals surface area contributed by atoms with E-state index in [1.165, 1.54) is 12.1 Å². The van der Waals surface area contributed by atoms with E-state index < -0.39 is 11.7 Å². The molecule has 6 heteroatoms. The molecule has 0 N–H and O–H groups in total. The highest BCUT2D eigenvalue weighted by Crippen LogP contribution is 2.29. The van der Waals surface area contributed by atoms with Gasteiger partial charge in [-0.15, -0.1) is 0 Å². The van der Waals surface area contributed by atoms with E-state index in [1.807, 2.05) is 35.2 Å². The minimum Gasteiger partial charge on any atom is -0.340 e. The zero-order valence-electron chi connectivity index (χ0n) is 15.1. The fourth-order valence-corrected chi connectivity index (χ4v) is 3.27. The van der Waals surface area contributed by atoms with Gasteiger partial charge in [0.1, 0.15) is 0 Å². The standard InChI is InChI=1S/C21H23F3N2O/c22-21(23,24)19-9-6-18(7-10-19)16-25-12-14-26(15-13-25)20(27)11-8-17-4-2-1-3-5-17/h1-7,9-10H,8,11-16H2. The van der Waals surface area contributed by atoms with Gasteiger partial charge in [-0.2, -0.15) is 13.2 Å². The van der Waals surface area contributed by atoms with E-state index in [9.17, 15) is 18.0 Å². The first-order chi connectivity index (χ1) is 12.9. The van der Waals surface area contributed by atoms with Crippen molar-refractivity contribution >= 4 is 5.91 Å². The number of rotatable bonds is 5. The molecule has 1 fully saturated rings. The van der Waals surface area contributed by atoms with Crippen LogP contribution in [-0.4, -0.2) is 41.9 Å². The quantitative estimate of drug-likeness (QED) is 0.788. The second kappa shape index (κ2) is 8.57. The number of hydrogen-bond donors (Lipinski definition) is 0. The van der Waals surface area contributed by atoms with Crippen LogP contribution in [0.4, 0.5) is 13.2 Å². The van der Waals surface area contributed by atoms with Crippen LogP contribution in [0.3, 0.4) is 0 Å². The van der Waals surface area contributed by atoms with Crippen LogP contribution in [0, 0.1) is 0 Å². The Morgan fingerprint density at radius 1 is 0.852 bits per heavy atom. The van der Waals surface area contributed by atoms with E-state index in [0.717, 1.165) is 42.8 Å². The highest BCUT2D eigenvalue weighted by Gasteiger charge is 2.30. The van der Waals surface area contributed by atoms with E-state index in [2.05, 4.69) is 4.90 Å². The van der Waals surface area contributed by atoms with Gasteiger partial charge in [0.05, 0.1) is 5.56 Å². The summed E-state index contributed by atoms with van der Waals surface area (Å²) in [7, 11) is 0. The molecule has 3 rings (SSSR count). The van der Waals surface area contributed by atoms with Gasteiger partial charge in [0, 0.05) is 39.1 Å². The first-order valence-corrected chi connectivity index (χ1v) is 9.12. The lowest BCUT2D eigenvalue weighted by Gasteiger charge is -2.35. The van der Waals surface area contributed by atoms with E-state index in [1.54, 1.807) is 0 Å². The Bertz CT molecular complexity index is 736. The lowest BCUT2D eigenvalue weighted by Crippen LogP contribution is -2.48. The molecule has 0 radical (unpaired) electrons. The molecule has 0 aromatic heterocycles. The molecule has 1 aliphatic heterocycles. The minimum absolute atomic E-state index is 0.160. The maximum absolute atomic E-state index is 12.6. The number of aryl methyl sites for hydroxylation is 1. The lowest BCUT2D eigenvalue weighted by atomic mass is 10.1. The van der Waals surface area contributed by atoms with Crippen LogP contribution in [0.25, 0.3) is 0 Å². The third kappa shape index (κ3) is 5.57. The normalized spacial score (nSPS) is 15.7. The summed E-state index contributed by atoms with van der Waals surface area (Å²) >= 11 is 0. The molecule has 27 heavy (non-hydrogen) atoms. The summed E-state index contributed by atoms with van der Waals surface area (Å²) in [6.45, 7) is 3.39. The molecule has 0 bridgehead atoms. The summed E-state index contributed by atoms with van der Waals surface area (Å²) < 4.78 is 37.9. The number of alkyl halides is 3. The molecule has 1 saturated heterocycles. The fourth-order valence-electron chi connectivity index (χ4n) is 3.27. The Morgan fingerprint density at radius 2 is 1.48 bits per heavy atom. The zero-order valence-corrected chi connectivity index (χ0v) is 15.1. The Hall–Kier alpha value is -2.34. The Labute approximate surface area is 157 Å². The number of carbonyl (C=O) groups excluding carboxylic acids is 1. The van der Waals surface area contributed by atoms with Crippen molar-refractivity contribution in [3.8, 4) is 0 Å². The SMILES string of the molecule is O=C(CCc1ccccc1)N1CCN(Cc2ccc(C(F)(F)F)cc2)CC1. The van der Waals surface area contributed by atoms with Gasteiger partial charge in [-0.3, -0.25) is 9.69 Å². The highest BCUT2D eigenvalue weighted by molar-refractivity contribution is 5.76. The molecule has 1 heterocycles. The molecule has 2 aromatic rings. The van der Waals surface area contributed by atoms with Crippen LogP contribution in [0.1, 0.15) is 23.1 Å². The van der Waals surface area contributed by atoms with Gasteiger partial charge in [0.2, 0.25) is 5.91 Å². The monoisotopic (exact) mass is 376 g/mol.